The van der Waals surface area contributed by atoms with Crippen LogP contribution in [-0.4, -0.2) is 42.5 Å². The van der Waals surface area contributed by atoms with Crippen LogP contribution in [0.5, 0.6) is 0 Å². The molecule has 0 saturated heterocycles. The van der Waals surface area contributed by atoms with Crippen LogP contribution in [0.15, 0.2) is 6.33 Å². The third-order valence-electron chi connectivity index (χ3n) is 3.15. The van der Waals surface area contributed by atoms with Crippen molar-refractivity contribution in [3.63, 3.8) is 0 Å². The summed E-state index contributed by atoms with van der Waals surface area (Å²) in [5.74, 6) is 0.371. The Bertz CT molecular complexity index is 562. The highest BCUT2D eigenvalue weighted by atomic mass is 16.2. The highest BCUT2D eigenvalue weighted by Crippen LogP contribution is 2.13. The molecule has 2 aromatic rings. The summed E-state index contributed by atoms with van der Waals surface area (Å²) < 4.78 is 0. The molecule has 0 saturated carbocycles. The number of hydrogen-bond donors (Lipinski definition) is 4. The molecule has 100 valence electrons. The van der Waals surface area contributed by atoms with E-state index in [0.29, 0.717) is 18.8 Å². The molecule has 3 heterocycles. The number of amides is 1. The quantitative estimate of drug-likeness (QED) is 0.551. The number of hydrogen-bond acceptors (Lipinski definition) is 6. The molecule has 4 N–H and O–H groups in total. The normalized spacial score (nSPS) is 19.7. The van der Waals surface area contributed by atoms with Gasteiger partial charge in [0.25, 0.3) is 0 Å². The molecule has 1 aliphatic heterocycles. The minimum atomic E-state index is -0.287. The SMILES string of the molecule is CC(NC(=O)C1Cc2nc[nH]c2CN1)c1nn[nH]n1. The largest absolute Gasteiger partial charge is 0.347 e. The second kappa shape index (κ2) is 4.76. The van der Waals surface area contributed by atoms with Crippen molar-refractivity contribution >= 4 is 5.91 Å². The zero-order valence-electron chi connectivity index (χ0n) is 10.3. The maximum absolute atomic E-state index is 12.1. The number of fused-ring (bicyclic) bond motifs is 1. The van der Waals surface area contributed by atoms with Crippen molar-refractivity contribution in [1.82, 2.24) is 41.2 Å². The van der Waals surface area contributed by atoms with Crippen molar-refractivity contribution < 1.29 is 4.79 Å². The zero-order chi connectivity index (χ0) is 13.2. The first-order chi connectivity index (χ1) is 9.24. The van der Waals surface area contributed by atoms with Gasteiger partial charge >= 0.3 is 0 Å². The first kappa shape index (κ1) is 11.8. The maximum atomic E-state index is 12.1. The van der Waals surface area contributed by atoms with Crippen LogP contribution in [0.1, 0.15) is 30.2 Å². The van der Waals surface area contributed by atoms with E-state index in [2.05, 4.69) is 41.2 Å². The lowest BCUT2D eigenvalue weighted by Crippen LogP contribution is -2.48. The van der Waals surface area contributed by atoms with Gasteiger partial charge < -0.3 is 10.3 Å². The first-order valence-electron chi connectivity index (χ1n) is 6.02. The van der Waals surface area contributed by atoms with Gasteiger partial charge in [0.2, 0.25) is 5.91 Å². The molecule has 0 aliphatic carbocycles. The fourth-order valence-corrected chi connectivity index (χ4v) is 2.09. The van der Waals surface area contributed by atoms with E-state index in [1.165, 1.54) is 0 Å². The molecule has 0 spiro atoms. The first-order valence-corrected chi connectivity index (χ1v) is 6.02. The molecular weight excluding hydrogens is 248 g/mol. The predicted octanol–water partition coefficient (Wildman–Crippen LogP) is -1.19. The van der Waals surface area contributed by atoms with Gasteiger partial charge in [-0.25, -0.2) is 4.98 Å². The zero-order valence-corrected chi connectivity index (χ0v) is 10.3. The third-order valence-corrected chi connectivity index (χ3v) is 3.15. The van der Waals surface area contributed by atoms with Crippen molar-refractivity contribution in [2.45, 2.75) is 32.0 Å². The van der Waals surface area contributed by atoms with Crippen LogP contribution in [0.25, 0.3) is 0 Å². The van der Waals surface area contributed by atoms with Gasteiger partial charge in [-0.1, -0.05) is 5.21 Å². The molecule has 3 rings (SSSR count). The maximum Gasteiger partial charge on any atom is 0.238 e. The van der Waals surface area contributed by atoms with Crippen molar-refractivity contribution in [3.05, 3.63) is 23.5 Å². The number of carbonyl (C=O) groups excluding carboxylic acids is 1. The van der Waals surface area contributed by atoms with Gasteiger partial charge in [-0.15, -0.1) is 10.2 Å². The molecule has 1 aliphatic rings. The van der Waals surface area contributed by atoms with Gasteiger partial charge in [-0.3, -0.25) is 10.1 Å². The summed E-state index contributed by atoms with van der Waals surface area (Å²) >= 11 is 0. The summed E-state index contributed by atoms with van der Waals surface area (Å²) in [4.78, 5) is 19.4. The number of rotatable bonds is 3. The second-order valence-electron chi connectivity index (χ2n) is 4.47. The lowest BCUT2D eigenvalue weighted by molar-refractivity contribution is -0.124. The smallest absolute Gasteiger partial charge is 0.238 e. The van der Waals surface area contributed by atoms with E-state index in [1.807, 2.05) is 6.92 Å². The van der Waals surface area contributed by atoms with E-state index in [4.69, 9.17) is 0 Å². The van der Waals surface area contributed by atoms with Crippen LogP contribution in [0.4, 0.5) is 0 Å². The summed E-state index contributed by atoms with van der Waals surface area (Å²) in [6.45, 7) is 2.43. The van der Waals surface area contributed by atoms with Gasteiger partial charge in [0, 0.05) is 13.0 Å². The molecule has 9 nitrogen and oxygen atoms in total. The van der Waals surface area contributed by atoms with Gasteiger partial charge in [0.15, 0.2) is 5.82 Å². The average Bonchev–Trinajstić information content (AvgIpc) is 3.09. The lowest BCUT2D eigenvalue weighted by Gasteiger charge is -2.23. The van der Waals surface area contributed by atoms with E-state index in [9.17, 15) is 4.79 Å². The Morgan fingerprint density at radius 3 is 3.26 bits per heavy atom. The molecule has 0 radical (unpaired) electrons. The number of imidazole rings is 1. The topological polar surface area (TPSA) is 124 Å². The molecular formula is C10H14N8O. The van der Waals surface area contributed by atoms with E-state index in [0.717, 1.165) is 11.4 Å². The van der Waals surface area contributed by atoms with Gasteiger partial charge in [-0.2, -0.15) is 5.21 Å². The minimum Gasteiger partial charge on any atom is -0.347 e. The van der Waals surface area contributed by atoms with E-state index in [-0.39, 0.29) is 18.0 Å². The highest BCUT2D eigenvalue weighted by molar-refractivity contribution is 5.82. The Labute approximate surface area is 108 Å². The Balaban J connectivity index is 1.63. The second-order valence-corrected chi connectivity index (χ2v) is 4.47. The monoisotopic (exact) mass is 262 g/mol. The molecule has 2 unspecified atom stereocenters. The molecule has 1 amide bonds. The van der Waals surface area contributed by atoms with Crippen LogP contribution in [0.3, 0.4) is 0 Å². The predicted molar refractivity (Wildman–Crippen MR) is 63.7 cm³/mol. The van der Waals surface area contributed by atoms with Gasteiger partial charge in [0.05, 0.1) is 29.8 Å². The van der Waals surface area contributed by atoms with Crippen LogP contribution >= 0.6 is 0 Å². The van der Waals surface area contributed by atoms with Crippen LogP contribution in [0.2, 0.25) is 0 Å². The van der Waals surface area contributed by atoms with E-state index < -0.39 is 0 Å². The highest BCUT2D eigenvalue weighted by Gasteiger charge is 2.27. The van der Waals surface area contributed by atoms with Crippen molar-refractivity contribution in [1.29, 1.82) is 0 Å². The summed E-state index contributed by atoms with van der Waals surface area (Å²) in [6, 6.07) is -0.571. The average molecular weight is 262 g/mol. The lowest BCUT2D eigenvalue weighted by atomic mass is 10.0. The fourth-order valence-electron chi connectivity index (χ4n) is 2.09. The van der Waals surface area contributed by atoms with Crippen molar-refractivity contribution in [2.75, 3.05) is 0 Å². The van der Waals surface area contributed by atoms with Crippen LogP contribution < -0.4 is 10.6 Å². The molecule has 9 heteroatoms. The molecule has 0 aromatic carbocycles. The number of aromatic nitrogens is 6. The van der Waals surface area contributed by atoms with E-state index >= 15 is 0 Å². The standard InChI is InChI=1S/C10H14N8O/c1-5(9-15-17-18-16-9)14-10(19)7-2-6-8(3-11-7)13-4-12-6/h4-5,7,11H,2-3H2,1H3,(H,12,13)(H,14,19)(H,15,16,17,18). The number of nitrogens with one attached hydrogen (secondary N) is 4. The Morgan fingerprint density at radius 1 is 1.58 bits per heavy atom. The Morgan fingerprint density at radius 2 is 2.47 bits per heavy atom. The number of carbonyl (C=O) groups is 1. The van der Waals surface area contributed by atoms with Gasteiger partial charge in [-0.05, 0) is 6.92 Å². The van der Waals surface area contributed by atoms with Crippen LogP contribution in [-0.2, 0) is 17.8 Å². The number of tetrazole rings is 1. The van der Waals surface area contributed by atoms with Crippen molar-refractivity contribution in [3.8, 4) is 0 Å². The number of nitrogens with zero attached hydrogens (tertiary/aromatic N) is 4. The van der Waals surface area contributed by atoms with Crippen LogP contribution in [0, 0.1) is 0 Å². The Hall–Kier alpha value is -2.29. The number of aromatic amines is 2. The molecule has 2 aromatic heterocycles. The molecule has 0 bridgehead atoms. The number of H-pyrrole nitrogens is 2. The Kier molecular flexibility index (Phi) is 2.95. The summed E-state index contributed by atoms with van der Waals surface area (Å²) in [5.41, 5.74) is 1.97. The summed E-state index contributed by atoms with van der Waals surface area (Å²) in [6.07, 6.45) is 2.22. The van der Waals surface area contributed by atoms with Gasteiger partial charge in [0.1, 0.15) is 0 Å². The molecule has 19 heavy (non-hydrogen) atoms. The third kappa shape index (κ3) is 2.32. The van der Waals surface area contributed by atoms with Crippen molar-refractivity contribution in [2.24, 2.45) is 0 Å². The summed E-state index contributed by atoms with van der Waals surface area (Å²) in [5, 5.41) is 19.5. The summed E-state index contributed by atoms with van der Waals surface area (Å²) in [7, 11) is 0. The molecule has 0 fully saturated rings. The molecule has 2 atom stereocenters. The minimum absolute atomic E-state index is 0.0917. The van der Waals surface area contributed by atoms with E-state index in [1.54, 1.807) is 6.33 Å². The fraction of sp³-hybridized carbons (Fsp3) is 0.500.